The van der Waals surface area contributed by atoms with E-state index >= 15 is 0 Å². The van der Waals surface area contributed by atoms with E-state index in [2.05, 4.69) is 43.5 Å². The first-order valence-electron chi connectivity index (χ1n) is 30.3. The fraction of sp³-hybridized carbons (Fsp3) is 0.887. The summed E-state index contributed by atoms with van der Waals surface area (Å²) in [7, 11) is 0. The quantitative estimate of drug-likeness (QED) is 0.0361. The molecule has 0 rings (SSSR count). The van der Waals surface area contributed by atoms with Crippen LogP contribution in [0, 0.1) is 0 Å². The van der Waals surface area contributed by atoms with Crippen molar-refractivity contribution in [1.29, 1.82) is 0 Å². The Morgan fingerprint density at radius 3 is 0.955 bits per heavy atom. The minimum Gasteiger partial charge on any atom is -0.394 e. The molecule has 3 atom stereocenters. The first-order chi connectivity index (χ1) is 33.0. The molecule has 4 N–H and O–H groups in total. The molecule has 0 aliphatic carbocycles. The third kappa shape index (κ3) is 53.8. The molecule has 0 radical (unpaired) electrons. The summed E-state index contributed by atoms with van der Waals surface area (Å²) in [6.07, 6.45) is 75.0. The highest BCUT2D eigenvalue weighted by atomic mass is 16.3. The average molecular weight is 943 g/mol. The maximum atomic E-state index is 12.5. The van der Waals surface area contributed by atoms with Gasteiger partial charge in [0.05, 0.1) is 31.3 Å². The van der Waals surface area contributed by atoms with Gasteiger partial charge in [-0.05, 0) is 57.8 Å². The van der Waals surface area contributed by atoms with Gasteiger partial charge in [-0.3, -0.25) is 4.79 Å². The molecule has 0 aromatic heterocycles. The molecule has 67 heavy (non-hydrogen) atoms. The Morgan fingerprint density at radius 1 is 0.373 bits per heavy atom. The second kappa shape index (κ2) is 57.2. The molecule has 0 spiro atoms. The van der Waals surface area contributed by atoms with Gasteiger partial charge in [0.15, 0.2) is 0 Å². The summed E-state index contributed by atoms with van der Waals surface area (Å²) < 4.78 is 0. The molecule has 0 fully saturated rings. The number of aliphatic hydroxyl groups excluding tert-OH is 3. The number of amides is 1. The number of allylic oxidation sites excluding steroid dienone is 5. The first kappa shape index (κ1) is 65.6. The van der Waals surface area contributed by atoms with E-state index in [0.717, 1.165) is 32.1 Å². The summed E-state index contributed by atoms with van der Waals surface area (Å²) in [4.78, 5) is 12.5. The maximum absolute atomic E-state index is 12.5. The largest absolute Gasteiger partial charge is 0.394 e. The van der Waals surface area contributed by atoms with Crippen LogP contribution in [-0.4, -0.2) is 46.1 Å². The van der Waals surface area contributed by atoms with E-state index in [9.17, 15) is 20.1 Å². The summed E-state index contributed by atoms with van der Waals surface area (Å²) in [6, 6.07) is -0.761. The second-order valence-electron chi connectivity index (χ2n) is 21.0. The number of hydrogen-bond donors (Lipinski definition) is 4. The molecule has 0 aliphatic heterocycles. The van der Waals surface area contributed by atoms with Crippen LogP contribution in [-0.2, 0) is 4.79 Å². The van der Waals surface area contributed by atoms with Gasteiger partial charge in [0.2, 0.25) is 5.91 Å². The van der Waals surface area contributed by atoms with Crippen LogP contribution in [0.3, 0.4) is 0 Å². The second-order valence-corrected chi connectivity index (χ2v) is 21.0. The highest BCUT2D eigenvalue weighted by Crippen LogP contribution is 2.18. The minimum absolute atomic E-state index is 0.00821. The van der Waals surface area contributed by atoms with Crippen molar-refractivity contribution in [1.82, 2.24) is 5.32 Å². The average Bonchev–Trinajstić information content (AvgIpc) is 3.32. The van der Waals surface area contributed by atoms with Crippen LogP contribution in [0.1, 0.15) is 328 Å². The Kier molecular flexibility index (Phi) is 55.9. The van der Waals surface area contributed by atoms with Crippen LogP contribution in [0.5, 0.6) is 0 Å². The van der Waals surface area contributed by atoms with Gasteiger partial charge in [0, 0.05) is 0 Å². The Labute approximate surface area is 419 Å². The summed E-state index contributed by atoms with van der Waals surface area (Å²) in [5.74, 6) is -0.320. The summed E-state index contributed by atoms with van der Waals surface area (Å²) in [5, 5.41) is 33.5. The molecule has 0 saturated heterocycles. The zero-order valence-electron chi connectivity index (χ0n) is 45.3. The molecule has 0 bridgehead atoms. The Bertz CT molecular complexity index is 1040. The lowest BCUT2D eigenvalue weighted by Gasteiger charge is -2.21. The molecular formula is C62H119NO4. The van der Waals surface area contributed by atoms with Crippen molar-refractivity contribution in [2.24, 2.45) is 0 Å². The van der Waals surface area contributed by atoms with Crippen LogP contribution < -0.4 is 5.32 Å². The van der Waals surface area contributed by atoms with Crippen molar-refractivity contribution < 1.29 is 20.1 Å². The third-order valence-corrected chi connectivity index (χ3v) is 14.1. The Morgan fingerprint density at radius 2 is 0.642 bits per heavy atom. The van der Waals surface area contributed by atoms with Crippen molar-refractivity contribution >= 4 is 5.91 Å². The number of nitrogens with one attached hydrogen (secondary N) is 1. The lowest BCUT2D eigenvalue weighted by Crippen LogP contribution is -2.45. The molecule has 0 aromatic rings. The van der Waals surface area contributed by atoms with Crippen LogP contribution >= 0.6 is 0 Å². The summed E-state index contributed by atoms with van der Waals surface area (Å²) in [6.45, 7) is 4.24. The van der Waals surface area contributed by atoms with E-state index in [1.807, 2.05) is 6.08 Å². The van der Waals surface area contributed by atoms with Gasteiger partial charge in [0.1, 0.15) is 0 Å². The van der Waals surface area contributed by atoms with Gasteiger partial charge < -0.3 is 20.6 Å². The van der Waals surface area contributed by atoms with E-state index < -0.39 is 18.2 Å². The van der Waals surface area contributed by atoms with Crippen LogP contribution in [0.2, 0.25) is 0 Å². The fourth-order valence-electron chi connectivity index (χ4n) is 9.53. The molecule has 396 valence electrons. The van der Waals surface area contributed by atoms with E-state index in [4.69, 9.17) is 0 Å². The number of aliphatic hydroxyl groups is 3. The molecular weight excluding hydrogens is 823 g/mol. The topological polar surface area (TPSA) is 89.8 Å². The van der Waals surface area contributed by atoms with E-state index in [1.165, 1.54) is 270 Å². The lowest BCUT2D eigenvalue weighted by molar-refractivity contribution is -0.124. The van der Waals surface area contributed by atoms with Crippen molar-refractivity contribution in [3.63, 3.8) is 0 Å². The van der Waals surface area contributed by atoms with Gasteiger partial charge in [-0.15, -0.1) is 0 Å². The number of unbranched alkanes of at least 4 members (excludes halogenated alkanes) is 43. The monoisotopic (exact) mass is 942 g/mol. The number of carbonyl (C=O) groups excluding carboxylic acids is 1. The summed E-state index contributed by atoms with van der Waals surface area (Å²) in [5.41, 5.74) is 0. The molecule has 0 saturated carbocycles. The highest BCUT2D eigenvalue weighted by molar-refractivity contribution is 5.76. The molecule has 3 unspecified atom stereocenters. The van der Waals surface area contributed by atoms with Crippen molar-refractivity contribution in [3.8, 4) is 0 Å². The highest BCUT2D eigenvalue weighted by Gasteiger charge is 2.20. The van der Waals surface area contributed by atoms with Crippen molar-refractivity contribution in [3.05, 3.63) is 36.5 Å². The van der Waals surface area contributed by atoms with Gasteiger partial charge >= 0.3 is 0 Å². The predicted molar refractivity (Wildman–Crippen MR) is 296 cm³/mol. The lowest BCUT2D eigenvalue weighted by atomic mass is 10.0. The smallest absolute Gasteiger partial charge is 0.222 e. The Hall–Kier alpha value is -1.43. The van der Waals surface area contributed by atoms with Crippen molar-refractivity contribution in [2.45, 2.75) is 347 Å². The minimum atomic E-state index is -0.952. The zero-order chi connectivity index (χ0) is 48.6. The van der Waals surface area contributed by atoms with E-state index in [-0.39, 0.29) is 18.9 Å². The molecule has 0 aromatic carbocycles. The van der Waals surface area contributed by atoms with E-state index in [0.29, 0.717) is 6.42 Å². The van der Waals surface area contributed by atoms with Crippen molar-refractivity contribution in [2.75, 3.05) is 6.61 Å². The van der Waals surface area contributed by atoms with Gasteiger partial charge in [-0.1, -0.05) is 301 Å². The molecule has 0 aliphatic rings. The molecule has 1 amide bonds. The first-order valence-corrected chi connectivity index (χ1v) is 30.3. The molecule has 0 heterocycles. The number of hydrogen-bond acceptors (Lipinski definition) is 4. The molecule has 5 heteroatoms. The maximum Gasteiger partial charge on any atom is 0.222 e. The van der Waals surface area contributed by atoms with Gasteiger partial charge in [0.25, 0.3) is 0 Å². The number of carbonyl (C=O) groups is 1. The predicted octanol–water partition coefficient (Wildman–Crippen LogP) is 19.0. The SMILES string of the molecule is CCCCCCCCCCCCCC/C=C\CCCCCCCCCCCCCCCCCC(O)CC(=O)NC(CO)C(O)/C=C/CC/C=C/CCCCCCCCCCCCCCCCC. The summed E-state index contributed by atoms with van der Waals surface area (Å²) >= 11 is 0. The standard InChI is InChI=1S/C62H119NO4/c1-3-5-7-9-11-13-15-17-19-21-23-25-26-27-28-29-30-31-32-33-34-36-37-39-41-43-45-47-49-51-53-55-59(65)57-62(67)63-60(58-64)61(66)56-54-52-50-48-46-44-42-40-38-35-24-22-20-18-16-14-12-10-8-6-4-2/h27-28,46,48,54,56,59-61,64-66H,3-26,29-45,47,49-53,55,57-58H2,1-2H3,(H,63,67)/b28-27-,48-46+,56-54+. The van der Waals surface area contributed by atoms with Gasteiger partial charge in [-0.2, -0.15) is 0 Å². The van der Waals surface area contributed by atoms with Crippen LogP contribution in [0.15, 0.2) is 36.5 Å². The fourth-order valence-corrected chi connectivity index (χ4v) is 9.53. The Balaban J connectivity index is 3.55. The molecule has 5 nitrogen and oxygen atoms in total. The van der Waals surface area contributed by atoms with E-state index in [1.54, 1.807) is 6.08 Å². The normalized spacial score (nSPS) is 13.4. The van der Waals surface area contributed by atoms with Gasteiger partial charge in [-0.25, -0.2) is 0 Å². The van der Waals surface area contributed by atoms with Crippen LogP contribution in [0.25, 0.3) is 0 Å². The number of rotatable bonds is 56. The third-order valence-electron chi connectivity index (χ3n) is 14.1. The van der Waals surface area contributed by atoms with Crippen LogP contribution in [0.4, 0.5) is 0 Å². The zero-order valence-corrected chi connectivity index (χ0v) is 45.3.